The van der Waals surface area contributed by atoms with Gasteiger partial charge < -0.3 is 11.1 Å². The van der Waals surface area contributed by atoms with Gasteiger partial charge in [0.05, 0.1) is 6.54 Å². The summed E-state index contributed by atoms with van der Waals surface area (Å²) < 4.78 is 0. The van der Waals surface area contributed by atoms with Gasteiger partial charge in [-0.05, 0) is 6.07 Å². The van der Waals surface area contributed by atoms with Gasteiger partial charge in [0.25, 0.3) is 0 Å². The van der Waals surface area contributed by atoms with E-state index in [4.69, 9.17) is 5.73 Å². The molecule has 0 amide bonds. The lowest BCUT2D eigenvalue weighted by atomic mass is 10.6. The van der Waals surface area contributed by atoms with Crippen LogP contribution in [0.4, 0.5) is 11.8 Å². The van der Waals surface area contributed by atoms with E-state index >= 15 is 0 Å². The Labute approximate surface area is 85.0 Å². The first kappa shape index (κ1) is 8.89. The zero-order valence-corrected chi connectivity index (χ0v) is 8.16. The van der Waals surface area contributed by atoms with Gasteiger partial charge in [-0.25, -0.2) is 9.97 Å². The summed E-state index contributed by atoms with van der Waals surface area (Å²) in [6.07, 6.45) is 3.38. The van der Waals surface area contributed by atoms with Crippen molar-refractivity contribution in [1.82, 2.24) is 15.0 Å². The molecule has 0 unspecified atom stereocenters. The Morgan fingerprint density at radius 1 is 1.36 bits per heavy atom. The SMILES string of the molecule is Nc1ccnc(NCc2nccs2)n1. The molecule has 0 bridgehead atoms. The average molecular weight is 207 g/mol. The van der Waals surface area contributed by atoms with Crippen molar-refractivity contribution in [1.29, 1.82) is 0 Å². The maximum absolute atomic E-state index is 5.50. The van der Waals surface area contributed by atoms with Crippen LogP contribution in [0.3, 0.4) is 0 Å². The normalized spacial score (nSPS) is 10.0. The van der Waals surface area contributed by atoms with Crippen molar-refractivity contribution in [2.75, 3.05) is 11.1 Å². The molecule has 0 saturated heterocycles. The number of anilines is 2. The molecular weight excluding hydrogens is 198 g/mol. The number of nitrogens with two attached hydrogens (primary N) is 1. The van der Waals surface area contributed by atoms with E-state index in [2.05, 4.69) is 20.3 Å². The summed E-state index contributed by atoms with van der Waals surface area (Å²) in [7, 11) is 0. The predicted molar refractivity (Wildman–Crippen MR) is 55.9 cm³/mol. The molecule has 6 heteroatoms. The van der Waals surface area contributed by atoms with Gasteiger partial charge in [0.1, 0.15) is 10.8 Å². The van der Waals surface area contributed by atoms with Crippen LogP contribution in [-0.4, -0.2) is 15.0 Å². The van der Waals surface area contributed by atoms with Gasteiger partial charge in [-0.3, -0.25) is 0 Å². The highest BCUT2D eigenvalue weighted by Gasteiger charge is 1.98. The summed E-state index contributed by atoms with van der Waals surface area (Å²) in [6, 6.07) is 1.65. The first-order chi connectivity index (χ1) is 6.84. The number of hydrogen-bond acceptors (Lipinski definition) is 6. The van der Waals surface area contributed by atoms with Crippen LogP contribution in [0.25, 0.3) is 0 Å². The molecule has 0 aliphatic heterocycles. The second kappa shape index (κ2) is 4.01. The first-order valence-corrected chi connectivity index (χ1v) is 4.93. The minimum Gasteiger partial charge on any atom is -0.384 e. The summed E-state index contributed by atoms with van der Waals surface area (Å²) in [5.74, 6) is 0.988. The highest BCUT2D eigenvalue weighted by molar-refractivity contribution is 7.09. The third-order valence-corrected chi connectivity index (χ3v) is 2.34. The van der Waals surface area contributed by atoms with Crippen molar-refractivity contribution in [2.24, 2.45) is 0 Å². The molecular formula is C8H9N5S. The van der Waals surface area contributed by atoms with Crippen LogP contribution in [0.1, 0.15) is 5.01 Å². The molecule has 0 atom stereocenters. The Bertz CT molecular complexity index is 400. The Balaban J connectivity index is 1.98. The zero-order valence-electron chi connectivity index (χ0n) is 7.34. The van der Waals surface area contributed by atoms with Crippen molar-refractivity contribution in [3.05, 3.63) is 28.8 Å². The molecule has 0 aliphatic carbocycles. The summed E-state index contributed by atoms with van der Waals surface area (Å²) in [4.78, 5) is 12.1. The molecule has 5 nitrogen and oxygen atoms in total. The number of aromatic nitrogens is 3. The van der Waals surface area contributed by atoms with E-state index in [0.29, 0.717) is 18.3 Å². The van der Waals surface area contributed by atoms with Gasteiger partial charge in [-0.15, -0.1) is 11.3 Å². The molecule has 0 aromatic carbocycles. The van der Waals surface area contributed by atoms with Crippen molar-refractivity contribution < 1.29 is 0 Å². The average Bonchev–Trinajstić information content (AvgIpc) is 2.67. The number of nitrogens with zero attached hydrogens (tertiary/aromatic N) is 3. The van der Waals surface area contributed by atoms with Crippen LogP contribution >= 0.6 is 11.3 Å². The van der Waals surface area contributed by atoms with Crippen LogP contribution in [-0.2, 0) is 6.54 Å². The number of nitrogens with one attached hydrogen (secondary N) is 1. The van der Waals surface area contributed by atoms with Gasteiger partial charge in [0.15, 0.2) is 0 Å². The van der Waals surface area contributed by atoms with E-state index < -0.39 is 0 Å². The maximum atomic E-state index is 5.50. The minimum absolute atomic E-state index is 0.460. The topological polar surface area (TPSA) is 76.7 Å². The monoisotopic (exact) mass is 207 g/mol. The van der Waals surface area contributed by atoms with E-state index in [1.165, 1.54) is 0 Å². The van der Waals surface area contributed by atoms with Crippen molar-refractivity contribution in [3.8, 4) is 0 Å². The zero-order chi connectivity index (χ0) is 9.80. The van der Waals surface area contributed by atoms with Crippen molar-refractivity contribution in [3.63, 3.8) is 0 Å². The van der Waals surface area contributed by atoms with Crippen LogP contribution in [0.2, 0.25) is 0 Å². The van der Waals surface area contributed by atoms with E-state index in [9.17, 15) is 0 Å². The van der Waals surface area contributed by atoms with Gasteiger partial charge >= 0.3 is 0 Å². The van der Waals surface area contributed by atoms with Crippen molar-refractivity contribution >= 4 is 23.1 Å². The summed E-state index contributed by atoms with van der Waals surface area (Å²) in [6.45, 7) is 0.626. The Hall–Kier alpha value is -1.69. The number of thiazole rings is 1. The lowest BCUT2D eigenvalue weighted by Crippen LogP contribution is -2.04. The first-order valence-electron chi connectivity index (χ1n) is 4.05. The summed E-state index contributed by atoms with van der Waals surface area (Å²) >= 11 is 1.59. The third kappa shape index (κ3) is 2.17. The molecule has 2 aromatic heterocycles. The van der Waals surface area contributed by atoms with Gasteiger partial charge in [0.2, 0.25) is 5.95 Å². The second-order valence-electron chi connectivity index (χ2n) is 2.58. The molecule has 0 radical (unpaired) electrons. The molecule has 2 heterocycles. The smallest absolute Gasteiger partial charge is 0.224 e. The minimum atomic E-state index is 0.460. The highest BCUT2D eigenvalue weighted by atomic mass is 32.1. The molecule has 14 heavy (non-hydrogen) atoms. The lowest BCUT2D eigenvalue weighted by molar-refractivity contribution is 1.04. The van der Waals surface area contributed by atoms with Crippen molar-refractivity contribution in [2.45, 2.75) is 6.54 Å². The Morgan fingerprint density at radius 2 is 2.29 bits per heavy atom. The van der Waals surface area contributed by atoms with Crippen LogP contribution < -0.4 is 11.1 Å². The molecule has 0 aliphatic rings. The fourth-order valence-electron chi connectivity index (χ4n) is 0.953. The summed E-state index contributed by atoms with van der Waals surface area (Å²) in [5.41, 5.74) is 5.50. The van der Waals surface area contributed by atoms with E-state index in [1.807, 2.05) is 5.38 Å². The van der Waals surface area contributed by atoms with Gasteiger partial charge in [-0.2, -0.15) is 4.98 Å². The van der Waals surface area contributed by atoms with E-state index in [1.54, 1.807) is 29.8 Å². The molecule has 2 rings (SSSR count). The molecule has 72 valence electrons. The van der Waals surface area contributed by atoms with Crippen LogP contribution in [0, 0.1) is 0 Å². The molecule has 0 saturated carbocycles. The lowest BCUT2D eigenvalue weighted by Gasteiger charge is -2.01. The molecule has 2 aromatic rings. The fourth-order valence-corrected chi connectivity index (χ4v) is 1.51. The van der Waals surface area contributed by atoms with E-state index in [-0.39, 0.29) is 0 Å². The standard InChI is InChI=1S/C8H9N5S/c9-6-1-2-11-8(13-6)12-5-7-10-3-4-14-7/h1-4H,5H2,(H3,9,11,12,13). The van der Waals surface area contributed by atoms with Crippen LogP contribution in [0.15, 0.2) is 23.8 Å². The summed E-state index contributed by atoms with van der Waals surface area (Å²) in [5, 5.41) is 5.96. The Kier molecular flexibility index (Phi) is 2.55. The third-order valence-electron chi connectivity index (χ3n) is 1.56. The van der Waals surface area contributed by atoms with Crippen LogP contribution in [0.5, 0.6) is 0 Å². The van der Waals surface area contributed by atoms with E-state index in [0.717, 1.165) is 5.01 Å². The quantitative estimate of drug-likeness (QED) is 0.788. The van der Waals surface area contributed by atoms with Gasteiger partial charge in [0, 0.05) is 17.8 Å². The predicted octanol–water partition coefficient (Wildman–Crippen LogP) is 1.13. The van der Waals surface area contributed by atoms with Gasteiger partial charge in [-0.1, -0.05) is 0 Å². The second-order valence-corrected chi connectivity index (χ2v) is 3.56. The maximum Gasteiger partial charge on any atom is 0.224 e. The number of rotatable bonds is 3. The Morgan fingerprint density at radius 3 is 3.00 bits per heavy atom. The highest BCUT2D eigenvalue weighted by Crippen LogP contribution is 2.07. The molecule has 0 spiro atoms. The number of hydrogen-bond donors (Lipinski definition) is 2. The molecule has 0 fully saturated rings. The largest absolute Gasteiger partial charge is 0.384 e. The molecule has 3 N–H and O–H groups in total. The number of nitrogen functional groups attached to an aromatic ring is 1. The fraction of sp³-hybridized carbons (Fsp3) is 0.125.